The molecule has 0 amide bonds. The van der Waals surface area contributed by atoms with E-state index in [1.165, 1.54) is 6.42 Å². The number of carboxylic acids is 1. The molecule has 1 aliphatic heterocycles. The summed E-state index contributed by atoms with van der Waals surface area (Å²) >= 11 is 0. The van der Waals surface area contributed by atoms with E-state index in [0.29, 0.717) is 12.5 Å². The molecule has 2 N–H and O–H groups in total. The van der Waals surface area contributed by atoms with Crippen LogP contribution in [0.25, 0.3) is 0 Å². The lowest BCUT2D eigenvalue weighted by Crippen LogP contribution is -2.55. The van der Waals surface area contributed by atoms with Crippen LogP contribution in [0.5, 0.6) is 0 Å². The lowest BCUT2D eigenvalue weighted by Gasteiger charge is -2.45. The summed E-state index contributed by atoms with van der Waals surface area (Å²) in [6.07, 6.45) is 2.00. The second-order valence-electron chi connectivity index (χ2n) is 5.73. The highest BCUT2D eigenvalue weighted by molar-refractivity contribution is 5.67. The first-order chi connectivity index (χ1) is 9.04. The molecule has 2 fully saturated rings. The largest absolute Gasteiger partial charge is 0.481 e. The highest BCUT2D eigenvalue weighted by Gasteiger charge is 2.34. The molecule has 2 aliphatic rings. The van der Waals surface area contributed by atoms with Crippen LogP contribution in [-0.2, 0) is 4.79 Å². The fourth-order valence-electron chi connectivity index (χ4n) is 3.09. The van der Waals surface area contributed by atoms with E-state index in [1.54, 1.807) is 0 Å². The van der Waals surface area contributed by atoms with Gasteiger partial charge in [0.25, 0.3) is 6.43 Å². The molecule has 19 heavy (non-hydrogen) atoms. The first-order valence-corrected chi connectivity index (χ1v) is 7.02. The zero-order valence-corrected chi connectivity index (χ0v) is 11.0. The Morgan fingerprint density at radius 2 is 2.11 bits per heavy atom. The van der Waals surface area contributed by atoms with Crippen molar-refractivity contribution in [2.45, 2.75) is 50.6 Å². The maximum Gasteiger partial charge on any atom is 0.303 e. The zero-order valence-electron chi connectivity index (χ0n) is 11.0. The van der Waals surface area contributed by atoms with Crippen LogP contribution in [0.15, 0.2) is 0 Å². The molecule has 110 valence electrons. The van der Waals surface area contributed by atoms with Gasteiger partial charge in [-0.1, -0.05) is 6.42 Å². The summed E-state index contributed by atoms with van der Waals surface area (Å²) in [7, 11) is 0. The highest BCUT2D eigenvalue weighted by Crippen LogP contribution is 2.30. The Morgan fingerprint density at radius 1 is 1.37 bits per heavy atom. The van der Waals surface area contributed by atoms with Crippen LogP contribution in [0.3, 0.4) is 0 Å². The normalized spacial score (nSPS) is 29.4. The number of piperidine rings is 1. The molecule has 0 spiro atoms. The molecule has 1 aliphatic carbocycles. The summed E-state index contributed by atoms with van der Waals surface area (Å²) in [5, 5.41) is 11.8. The fraction of sp³-hybridized carbons (Fsp3) is 0.923. The van der Waals surface area contributed by atoms with Crippen LogP contribution in [-0.4, -0.2) is 54.1 Å². The van der Waals surface area contributed by atoms with E-state index in [-0.39, 0.29) is 24.9 Å². The lowest BCUT2D eigenvalue weighted by molar-refractivity contribution is -0.138. The van der Waals surface area contributed by atoms with Crippen LogP contribution in [0.2, 0.25) is 0 Å². The third kappa shape index (κ3) is 4.38. The van der Waals surface area contributed by atoms with Crippen LogP contribution in [0, 0.1) is 5.92 Å². The minimum absolute atomic E-state index is 0.00676. The number of carboxylic acid groups (broad SMARTS) is 1. The summed E-state index contributed by atoms with van der Waals surface area (Å²) in [4.78, 5) is 13.1. The van der Waals surface area contributed by atoms with E-state index in [0.717, 1.165) is 25.9 Å². The second kappa shape index (κ2) is 6.61. The standard InChI is InChI=1S/C13H22F2N2O2/c14-12(15)6-16-10-4-9(5-13(18)19)7-17(8-10)11-2-1-3-11/h9-12,16H,1-8H2,(H,18,19). The summed E-state index contributed by atoms with van der Waals surface area (Å²) in [6.45, 7) is 1.26. The topological polar surface area (TPSA) is 52.6 Å². The van der Waals surface area contributed by atoms with Crippen LogP contribution in [0.4, 0.5) is 8.78 Å². The number of hydrogen-bond donors (Lipinski definition) is 2. The molecule has 0 aromatic carbocycles. The Balaban J connectivity index is 1.88. The second-order valence-corrected chi connectivity index (χ2v) is 5.73. The van der Waals surface area contributed by atoms with Crippen LogP contribution in [0.1, 0.15) is 32.1 Å². The molecule has 2 atom stereocenters. The molecule has 0 bridgehead atoms. The Labute approximate surface area is 112 Å². The molecule has 2 unspecified atom stereocenters. The van der Waals surface area contributed by atoms with Crippen molar-refractivity contribution >= 4 is 5.97 Å². The summed E-state index contributed by atoms with van der Waals surface area (Å²) in [5.74, 6) is -0.727. The number of carbonyl (C=O) groups is 1. The predicted octanol–water partition coefficient (Wildman–Crippen LogP) is 1.56. The first kappa shape index (κ1) is 14.7. The highest BCUT2D eigenvalue weighted by atomic mass is 19.3. The van der Waals surface area contributed by atoms with Gasteiger partial charge in [0.15, 0.2) is 0 Å². The van der Waals surface area contributed by atoms with Gasteiger partial charge in [-0.2, -0.15) is 0 Å². The molecular formula is C13H22F2N2O2. The molecule has 0 radical (unpaired) electrons. The third-order valence-electron chi connectivity index (χ3n) is 4.18. The molecular weight excluding hydrogens is 254 g/mol. The van der Waals surface area contributed by atoms with E-state index in [2.05, 4.69) is 10.2 Å². The number of nitrogens with zero attached hydrogens (tertiary/aromatic N) is 1. The number of halogens is 2. The Bertz CT molecular complexity index is 311. The average molecular weight is 276 g/mol. The van der Waals surface area contributed by atoms with E-state index < -0.39 is 12.4 Å². The number of rotatable bonds is 6. The maximum absolute atomic E-state index is 12.3. The number of aliphatic carboxylic acids is 1. The smallest absolute Gasteiger partial charge is 0.303 e. The number of alkyl halides is 2. The van der Waals surface area contributed by atoms with Crippen molar-refractivity contribution in [3.8, 4) is 0 Å². The molecule has 1 saturated carbocycles. The minimum atomic E-state index is -2.35. The van der Waals surface area contributed by atoms with Crippen molar-refractivity contribution in [2.24, 2.45) is 5.92 Å². The van der Waals surface area contributed by atoms with E-state index in [9.17, 15) is 13.6 Å². The molecule has 1 saturated heterocycles. The van der Waals surface area contributed by atoms with Gasteiger partial charge in [0.2, 0.25) is 0 Å². The predicted molar refractivity (Wildman–Crippen MR) is 67.4 cm³/mol. The first-order valence-electron chi connectivity index (χ1n) is 7.02. The third-order valence-corrected chi connectivity index (χ3v) is 4.18. The number of hydrogen-bond acceptors (Lipinski definition) is 3. The Kier molecular flexibility index (Phi) is 5.10. The molecule has 4 nitrogen and oxygen atoms in total. The fourth-order valence-corrected chi connectivity index (χ4v) is 3.09. The van der Waals surface area contributed by atoms with E-state index >= 15 is 0 Å². The van der Waals surface area contributed by atoms with Crippen molar-refractivity contribution in [1.82, 2.24) is 10.2 Å². The van der Waals surface area contributed by atoms with Gasteiger partial charge in [-0.15, -0.1) is 0 Å². The molecule has 1 heterocycles. The van der Waals surface area contributed by atoms with Crippen molar-refractivity contribution in [2.75, 3.05) is 19.6 Å². The van der Waals surface area contributed by atoms with Gasteiger partial charge in [0, 0.05) is 31.6 Å². The van der Waals surface area contributed by atoms with Gasteiger partial charge in [0.1, 0.15) is 0 Å². The monoisotopic (exact) mass is 276 g/mol. The Hall–Kier alpha value is -0.750. The summed E-state index contributed by atoms with van der Waals surface area (Å²) < 4.78 is 24.5. The van der Waals surface area contributed by atoms with Crippen molar-refractivity contribution in [3.05, 3.63) is 0 Å². The van der Waals surface area contributed by atoms with Gasteiger partial charge in [0.05, 0.1) is 6.54 Å². The van der Waals surface area contributed by atoms with Gasteiger partial charge in [-0.05, 0) is 25.2 Å². The Morgan fingerprint density at radius 3 is 2.63 bits per heavy atom. The van der Waals surface area contributed by atoms with E-state index in [4.69, 9.17) is 5.11 Å². The lowest BCUT2D eigenvalue weighted by atomic mass is 9.85. The molecule has 0 aromatic heterocycles. The van der Waals surface area contributed by atoms with Crippen molar-refractivity contribution in [3.63, 3.8) is 0 Å². The van der Waals surface area contributed by atoms with Crippen molar-refractivity contribution in [1.29, 1.82) is 0 Å². The minimum Gasteiger partial charge on any atom is -0.481 e. The zero-order chi connectivity index (χ0) is 13.8. The quantitative estimate of drug-likeness (QED) is 0.773. The van der Waals surface area contributed by atoms with Gasteiger partial charge in [-0.25, -0.2) is 8.78 Å². The SMILES string of the molecule is O=C(O)CC1CC(NCC(F)F)CN(C2CCC2)C1. The van der Waals surface area contributed by atoms with Crippen molar-refractivity contribution < 1.29 is 18.7 Å². The number of nitrogens with one attached hydrogen (secondary N) is 1. The van der Waals surface area contributed by atoms with Crippen LogP contribution < -0.4 is 5.32 Å². The van der Waals surface area contributed by atoms with E-state index in [1.807, 2.05) is 0 Å². The average Bonchev–Trinajstić information content (AvgIpc) is 2.22. The van der Waals surface area contributed by atoms with Gasteiger partial charge >= 0.3 is 5.97 Å². The van der Waals surface area contributed by atoms with Gasteiger partial charge < -0.3 is 10.4 Å². The number of likely N-dealkylation sites (tertiary alicyclic amines) is 1. The maximum atomic E-state index is 12.3. The summed E-state index contributed by atoms with van der Waals surface area (Å²) in [6, 6.07) is 0.528. The van der Waals surface area contributed by atoms with Crippen LogP contribution >= 0.6 is 0 Å². The molecule has 6 heteroatoms. The summed E-state index contributed by atoms with van der Waals surface area (Å²) in [5.41, 5.74) is 0. The molecule has 0 aromatic rings. The van der Waals surface area contributed by atoms with Gasteiger partial charge in [-0.3, -0.25) is 9.69 Å². The molecule has 2 rings (SSSR count).